The quantitative estimate of drug-likeness (QED) is 0.179. The Morgan fingerprint density at radius 1 is 0.419 bits per heavy atom. The molecule has 0 amide bonds. The van der Waals surface area contributed by atoms with E-state index in [2.05, 4.69) is 158 Å². The Balaban J connectivity index is 1.33. The Morgan fingerprint density at radius 2 is 0.953 bits per heavy atom. The number of fused-ring (bicyclic) bond motifs is 4. The Morgan fingerprint density at radius 3 is 1.72 bits per heavy atom. The van der Waals surface area contributed by atoms with Gasteiger partial charge < -0.3 is 4.90 Å². The van der Waals surface area contributed by atoms with Crippen LogP contribution in [0.2, 0.25) is 13.1 Å². The molecular formula is C38H29NS3Si. The molecule has 0 atom stereocenters. The molecule has 1 nitrogen and oxygen atoms in total. The van der Waals surface area contributed by atoms with E-state index in [0.717, 1.165) is 0 Å². The predicted octanol–water partition coefficient (Wildman–Crippen LogP) is 10.7. The molecule has 208 valence electrons. The van der Waals surface area contributed by atoms with Crippen LogP contribution in [0.15, 0.2) is 169 Å². The van der Waals surface area contributed by atoms with E-state index in [-0.39, 0.29) is 0 Å². The van der Waals surface area contributed by atoms with Gasteiger partial charge in [-0.25, -0.2) is 0 Å². The summed E-state index contributed by atoms with van der Waals surface area (Å²) in [7, 11) is -1.90. The minimum Gasteiger partial charge on any atom is -0.308 e. The molecule has 0 fully saturated rings. The summed E-state index contributed by atoms with van der Waals surface area (Å²) in [6.07, 6.45) is 0. The molecule has 2 aliphatic rings. The van der Waals surface area contributed by atoms with Crippen LogP contribution in [0.4, 0.5) is 17.1 Å². The zero-order valence-corrected chi connectivity index (χ0v) is 27.4. The number of benzene rings is 6. The van der Waals surface area contributed by atoms with Crippen LogP contribution in [0.3, 0.4) is 0 Å². The first-order valence-electron chi connectivity index (χ1n) is 14.5. The van der Waals surface area contributed by atoms with Gasteiger partial charge in [-0.15, -0.1) is 0 Å². The van der Waals surface area contributed by atoms with Gasteiger partial charge in [-0.1, -0.05) is 139 Å². The first-order chi connectivity index (χ1) is 21.1. The molecule has 0 aliphatic carbocycles. The van der Waals surface area contributed by atoms with Gasteiger partial charge >= 0.3 is 0 Å². The van der Waals surface area contributed by atoms with Gasteiger partial charge in [0.25, 0.3) is 0 Å². The number of nitrogens with zero attached hydrogens (tertiary/aromatic N) is 1. The summed E-state index contributed by atoms with van der Waals surface area (Å²) >= 11 is 5.71. The summed E-state index contributed by atoms with van der Waals surface area (Å²) in [5.41, 5.74) is 6.11. The minimum atomic E-state index is -1.90. The van der Waals surface area contributed by atoms with Crippen molar-refractivity contribution in [3.05, 3.63) is 140 Å². The van der Waals surface area contributed by atoms with Crippen LogP contribution in [0, 0.1) is 0 Å². The number of anilines is 3. The predicted molar refractivity (Wildman–Crippen MR) is 189 cm³/mol. The van der Waals surface area contributed by atoms with E-state index in [1.807, 2.05) is 35.3 Å². The van der Waals surface area contributed by atoms with Gasteiger partial charge in [0, 0.05) is 30.2 Å². The highest BCUT2D eigenvalue weighted by atomic mass is 32.2. The first kappa shape index (κ1) is 27.0. The van der Waals surface area contributed by atoms with Crippen LogP contribution in [-0.2, 0) is 0 Å². The fourth-order valence-electron chi connectivity index (χ4n) is 6.18. The Kier molecular flexibility index (Phi) is 6.79. The van der Waals surface area contributed by atoms with Crippen molar-refractivity contribution in [3.63, 3.8) is 0 Å². The van der Waals surface area contributed by atoms with E-state index in [9.17, 15) is 0 Å². The van der Waals surface area contributed by atoms with Crippen LogP contribution in [0.1, 0.15) is 0 Å². The minimum absolute atomic E-state index is 1.17. The highest BCUT2D eigenvalue weighted by Crippen LogP contribution is 2.54. The van der Waals surface area contributed by atoms with Gasteiger partial charge in [-0.05, 0) is 70.0 Å². The third-order valence-electron chi connectivity index (χ3n) is 8.39. The lowest BCUT2D eigenvalue weighted by molar-refractivity contribution is 1.11. The molecule has 2 aliphatic heterocycles. The first-order valence-corrected chi connectivity index (χ1v) is 20.0. The van der Waals surface area contributed by atoms with Crippen LogP contribution >= 0.6 is 35.3 Å². The fraction of sp³-hybridized carbons (Fsp3) is 0.0526. The Hall–Kier alpha value is -3.61. The second kappa shape index (κ2) is 10.8. The zero-order chi connectivity index (χ0) is 29.0. The number of rotatable bonds is 4. The zero-order valence-electron chi connectivity index (χ0n) is 24.0. The molecule has 2 heterocycles. The fourth-order valence-corrected chi connectivity index (χ4v) is 14.1. The second-order valence-corrected chi connectivity index (χ2v) is 18.9. The van der Waals surface area contributed by atoms with Crippen molar-refractivity contribution in [2.45, 2.75) is 42.5 Å². The SMILES string of the molecule is C[Si]1(C)c2ccccc2Sc2c(N(c3ccc(-c4ccccc4)cc3)c3cccc4c3Sc3ccccc3S4)cccc21. The molecular weight excluding hydrogens is 595 g/mol. The largest absolute Gasteiger partial charge is 0.308 e. The summed E-state index contributed by atoms with van der Waals surface area (Å²) in [5, 5.41) is 3.04. The van der Waals surface area contributed by atoms with E-state index in [1.54, 1.807) is 0 Å². The van der Waals surface area contributed by atoms with Gasteiger partial charge in [0.2, 0.25) is 0 Å². The van der Waals surface area contributed by atoms with Crippen molar-refractivity contribution in [2.24, 2.45) is 0 Å². The maximum absolute atomic E-state index is 2.51. The lowest BCUT2D eigenvalue weighted by Gasteiger charge is -2.37. The van der Waals surface area contributed by atoms with Gasteiger partial charge in [-0.3, -0.25) is 0 Å². The normalized spacial score (nSPS) is 14.2. The number of hydrogen-bond donors (Lipinski definition) is 0. The summed E-state index contributed by atoms with van der Waals surface area (Å²) in [6, 6.07) is 51.3. The summed E-state index contributed by atoms with van der Waals surface area (Å²) in [4.78, 5) is 10.6. The Labute approximate surface area is 267 Å². The van der Waals surface area contributed by atoms with Crippen LogP contribution in [0.5, 0.6) is 0 Å². The van der Waals surface area contributed by atoms with Crippen LogP contribution < -0.4 is 15.3 Å². The molecule has 6 aromatic carbocycles. The lowest BCUT2D eigenvalue weighted by atomic mass is 10.0. The van der Waals surface area contributed by atoms with E-state index in [4.69, 9.17) is 0 Å². The summed E-state index contributed by atoms with van der Waals surface area (Å²) < 4.78 is 0. The average molecular weight is 624 g/mol. The third kappa shape index (κ3) is 4.66. The topological polar surface area (TPSA) is 3.24 Å². The molecule has 6 aromatic rings. The molecule has 8 rings (SSSR count). The van der Waals surface area contributed by atoms with E-state index < -0.39 is 8.07 Å². The molecule has 0 radical (unpaired) electrons. The highest BCUT2D eigenvalue weighted by Gasteiger charge is 2.37. The molecule has 0 spiro atoms. The van der Waals surface area contributed by atoms with Crippen molar-refractivity contribution in [3.8, 4) is 11.1 Å². The molecule has 0 saturated heterocycles. The van der Waals surface area contributed by atoms with Crippen LogP contribution in [0.25, 0.3) is 11.1 Å². The van der Waals surface area contributed by atoms with Crippen molar-refractivity contribution in [1.82, 2.24) is 0 Å². The molecule has 0 aromatic heterocycles. The molecule has 0 unspecified atom stereocenters. The van der Waals surface area contributed by atoms with Crippen molar-refractivity contribution < 1.29 is 0 Å². The molecule has 0 bridgehead atoms. The molecule has 43 heavy (non-hydrogen) atoms. The van der Waals surface area contributed by atoms with Crippen LogP contribution in [-0.4, -0.2) is 8.07 Å². The van der Waals surface area contributed by atoms with Gasteiger partial charge in [-0.2, -0.15) is 0 Å². The van der Waals surface area contributed by atoms with E-state index in [1.165, 1.54) is 67.9 Å². The molecule has 5 heteroatoms. The van der Waals surface area contributed by atoms with Crippen molar-refractivity contribution in [1.29, 1.82) is 0 Å². The maximum Gasteiger partial charge on any atom is 0.115 e. The summed E-state index contributed by atoms with van der Waals surface area (Å²) in [5.74, 6) is 0. The summed E-state index contributed by atoms with van der Waals surface area (Å²) in [6.45, 7) is 5.00. The third-order valence-corrected chi connectivity index (χ3v) is 16.1. The maximum atomic E-state index is 2.51. The van der Waals surface area contributed by atoms with Gasteiger partial charge in [0.05, 0.1) is 16.3 Å². The monoisotopic (exact) mass is 623 g/mol. The molecule has 0 N–H and O–H groups in total. The average Bonchev–Trinajstić information content (AvgIpc) is 3.05. The second-order valence-electron chi connectivity index (χ2n) is 11.4. The smallest absolute Gasteiger partial charge is 0.115 e. The van der Waals surface area contributed by atoms with Crippen molar-refractivity contribution >= 4 is 70.8 Å². The Bertz CT molecular complexity index is 1990. The van der Waals surface area contributed by atoms with E-state index >= 15 is 0 Å². The standard InChI is InChI=1S/C38H29NS3Si/c1-43(2)35-20-9-8-18-33(35)42-38-30(15-11-21-36(38)43)39(28-24-22-27(23-25-28)26-12-4-3-5-13-26)29-14-10-19-34-37(29)41-32-17-7-6-16-31(32)40-34/h3-25H,1-2H3. The van der Waals surface area contributed by atoms with Gasteiger partial charge in [0.1, 0.15) is 8.07 Å². The van der Waals surface area contributed by atoms with Gasteiger partial charge in [0.15, 0.2) is 0 Å². The van der Waals surface area contributed by atoms with Crippen molar-refractivity contribution in [2.75, 3.05) is 4.90 Å². The van der Waals surface area contributed by atoms with E-state index in [0.29, 0.717) is 0 Å². The lowest BCUT2D eigenvalue weighted by Crippen LogP contribution is -2.56. The number of hydrogen-bond acceptors (Lipinski definition) is 4. The highest BCUT2D eigenvalue weighted by molar-refractivity contribution is 8.05. The molecule has 0 saturated carbocycles.